The lowest BCUT2D eigenvalue weighted by atomic mass is 9.85. The molecule has 0 spiro atoms. The number of nitrogens with one attached hydrogen (secondary N) is 1. The van der Waals surface area contributed by atoms with E-state index in [0.717, 1.165) is 52.2 Å². The molecular weight excluding hydrogens is 382 g/mol. The molecule has 0 aromatic heterocycles. The summed E-state index contributed by atoms with van der Waals surface area (Å²) in [4.78, 5) is 12.7. The van der Waals surface area contributed by atoms with Gasteiger partial charge in [0.05, 0.1) is 28.4 Å². The molecule has 6 nitrogen and oxygen atoms in total. The molecule has 0 saturated carbocycles. The quantitative estimate of drug-likeness (QED) is 0.493. The number of methoxy groups -OCH3 is 4. The molecule has 1 aliphatic rings. The molecule has 1 saturated heterocycles. The molecule has 1 unspecified atom stereocenters. The fourth-order valence-electron chi connectivity index (χ4n) is 4.52. The number of hydrogen-bond donors (Lipinski definition) is 1. The van der Waals surface area contributed by atoms with Crippen molar-refractivity contribution in [3.8, 4) is 17.2 Å². The lowest BCUT2D eigenvalue weighted by Gasteiger charge is -2.27. The average Bonchev–Trinajstić information content (AvgIpc) is 3.27. The second-order valence-corrected chi connectivity index (χ2v) is 7.66. The maximum absolute atomic E-state index is 12.7. The molecule has 4 rings (SSSR count). The van der Waals surface area contributed by atoms with Gasteiger partial charge in [-0.2, -0.15) is 0 Å². The van der Waals surface area contributed by atoms with Crippen LogP contribution in [-0.4, -0.2) is 46.5 Å². The lowest BCUT2D eigenvalue weighted by Crippen LogP contribution is -2.50. The van der Waals surface area contributed by atoms with Gasteiger partial charge in [0, 0.05) is 6.42 Å². The lowest BCUT2D eigenvalue weighted by molar-refractivity contribution is -0.147. The highest BCUT2D eigenvalue weighted by molar-refractivity contribution is 6.10. The van der Waals surface area contributed by atoms with Gasteiger partial charge in [-0.3, -0.25) is 4.79 Å². The summed E-state index contributed by atoms with van der Waals surface area (Å²) in [5, 5.41) is 7.57. The first-order chi connectivity index (χ1) is 14.5. The van der Waals surface area contributed by atoms with E-state index in [1.165, 1.54) is 7.11 Å². The molecule has 158 valence electrons. The summed E-state index contributed by atoms with van der Waals surface area (Å²) in [6.07, 6.45) is 2.22. The molecule has 1 atom stereocenters. The highest BCUT2D eigenvalue weighted by Crippen LogP contribution is 2.40. The van der Waals surface area contributed by atoms with Crippen LogP contribution in [0.3, 0.4) is 0 Å². The molecule has 1 fully saturated rings. The van der Waals surface area contributed by atoms with E-state index in [0.29, 0.717) is 17.9 Å². The molecule has 3 aromatic rings. The molecule has 0 bridgehead atoms. The van der Waals surface area contributed by atoms with Crippen molar-refractivity contribution in [3.63, 3.8) is 0 Å². The summed E-state index contributed by atoms with van der Waals surface area (Å²) < 4.78 is 21.7. The van der Waals surface area contributed by atoms with Gasteiger partial charge in [0.2, 0.25) is 0 Å². The predicted octanol–water partition coefficient (Wildman–Crippen LogP) is 3.86. The fourth-order valence-corrected chi connectivity index (χ4v) is 4.52. The largest absolute Gasteiger partial charge is 0.497 e. The normalized spacial score (nSPS) is 18.5. The van der Waals surface area contributed by atoms with Crippen LogP contribution in [0.5, 0.6) is 17.2 Å². The summed E-state index contributed by atoms with van der Waals surface area (Å²) in [5.41, 5.74) is 0.345. The Labute approximate surface area is 176 Å². The van der Waals surface area contributed by atoms with Crippen LogP contribution in [-0.2, 0) is 16.0 Å². The number of fused-ring (bicyclic) bond motifs is 3. The number of benzene rings is 3. The Morgan fingerprint density at radius 2 is 1.67 bits per heavy atom. The van der Waals surface area contributed by atoms with E-state index in [2.05, 4.69) is 11.4 Å². The molecule has 0 aliphatic carbocycles. The SMILES string of the molecule is COC(=O)C1(Cc2cc3ccc(OC)cc3c3cc(OC)c(OC)cc23)CCCN1. The van der Waals surface area contributed by atoms with Crippen molar-refractivity contribution in [2.24, 2.45) is 0 Å². The first-order valence-electron chi connectivity index (χ1n) is 10.0. The average molecular weight is 409 g/mol. The molecule has 30 heavy (non-hydrogen) atoms. The Hall–Kier alpha value is -2.99. The van der Waals surface area contributed by atoms with E-state index in [-0.39, 0.29) is 5.97 Å². The minimum atomic E-state index is -0.713. The number of rotatable bonds is 6. The monoisotopic (exact) mass is 409 g/mol. The van der Waals surface area contributed by atoms with E-state index in [9.17, 15) is 4.79 Å². The molecular formula is C24H27NO5. The first-order valence-corrected chi connectivity index (χ1v) is 10.0. The third-order valence-corrected chi connectivity index (χ3v) is 6.06. The summed E-state index contributed by atoms with van der Waals surface area (Å²) in [6, 6.07) is 12.1. The van der Waals surface area contributed by atoms with Crippen LogP contribution >= 0.6 is 0 Å². The van der Waals surface area contributed by atoms with E-state index < -0.39 is 5.54 Å². The number of hydrogen-bond acceptors (Lipinski definition) is 6. The van der Waals surface area contributed by atoms with E-state index in [1.54, 1.807) is 21.3 Å². The van der Waals surface area contributed by atoms with E-state index in [1.807, 2.05) is 30.3 Å². The Morgan fingerprint density at radius 1 is 0.933 bits per heavy atom. The van der Waals surface area contributed by atoms with Crippen molar-refractivity contribution in [1.82, 2.24) is 5.32 Å². The molecule has 1 heterocycles. The molecule has 3 aromatic carbocycles. The second kappa shape index (κ2) is 8.03. The molecule has 6 heteroatoms. The zero-order valence-electron chi connectivity index (χ0n) is 17.8. The van der Waals surface area contributed by atoms with Crippen molar-refractivity contribution in [2.45, 2.75) is 24.8 Å². The second-order valence-electron chi connectivity index (χ2n) is 7.66. The van der Waals surface area contributed by atoms with Crippen molar-refractivity contribution in [3.05, 3.63) is 42.0 Å². The van der Waals surface area contributed by atoms with Crippen LogP contribution < -0.4 is 19.5 Å². The van der Waals surface area contributed by atoms with Crippen LogP contribution in [0.15, 0.2) is 36.4 Å². The number of esters is 1. The minimum Gasteiger partial charge on any atom is -0.497 e. The van der Waals surface area contributed by atoms with E-state index in [4.69, 9.17) is 18.9 Å². The maximum Gasteiger partial charge on any atom is 0.326 e. The van der Waals surface area contributed by atoms with Crippen molar-refractivity contribution in [2.75, 3.05) is 35.0 Å². The Balaban J connectivity index is 1.99. The van der Waals surface area contributed by atoms with Crippen LogP contribution in [0, 0.1) is 0 Å². The Morgan fingerprint density at radius 3 is 2.27 bits per heavy atom. The van der Waals surface area contributed by atoms with Gasteiger partial charge in [0.15, 0.2) is 11.5 Å². The molecule has 1 aliphatic heterocycles. The summed E-state index contributed by atoms with van der Waals surface area (Å²) in [6.45, 7) is 0.801. The Bertz CT molecular complexity index is 1100. The highest BCUT2D eigenvalue weighted by Gasteiger charge is 2.42. The summed E-state index contributed by atoms with van der Waals surface area (Å²) in [7, 11) is 6.36. The van der Waals surface area contributed by atoms with Gasteiger partial charge in [-0.05, 0) is 70.8 Å². The maximum atomic E-state index is 12.7. The van der Waals surface area contributed by atoms with Crippen molar-refractivity contribution >= 4 is 27.5 Å². The van der Waals surface area contributed by atoms with Crippen LogP contribution in [0.25, 0.3) is 21.5 Å². The molecule has 0 radical (unpaired) electrons. The summed E-state index contributed by atoms with van der Waals surface area (Å²) in [5.74, 6) is 1.88. The smallest absolute Gasteiger partial charge is 0.326 e. The highest BCUT2D eigenvalue weighted by atomic mass is 16.5. The summed E-state index contributed by atoms with van der Waals surface area (Å²) >= 11 is 0. The topological polar surface area (TPSA) is 66.0 Å². The minimum absolute atomic E-state index is 0.219. The number of ether oxygens (including phenoxy) is 4. The van der Waals surface area contributed by atoms with Gasteiger partial charge >= 0.3 is 5.97 Å². The zero-order valence-corrected chi connectivity index (χ0v) is 17.8. The number of carbonyl (C=O) groups is 1. The van der Waals surface area contributed by atoms with Gasteiger partial charge in [0.25, 0.3) is 0 Å². The number of carbonyl (C=O) groups excluding carboxylic acids is 1. The van der Waals surface area contributed by atoms with Gasteiger partial charge < -0.3 is 24.3 Å². The third kappa shape index (κ3) is 3.31. The van der Waals surface area contributed by atoms with Gasteiger partial charge in [-0.1, -0.05) is 12.1 Å². The predicted molar refractivity (Wildman–Crippen MR) is 117 cm³/mol. The van der Waals surface area contributed by atoms with Crippen LogP contribution in [0.2, 0.25) is 0 Å². The van der Waals surface area contributed by atoms with Gasteiger partial charge in [0.1, 0.15) is 11.3 Å². The van der Waals surface area contributed by atoms with Gasteiger partial charge in [-0.25, -0.2) is 0 Å². The first kappa shape index (κ1) is 20.3. The molecule has 1 N–H and O–H groups in total. The Kier molecular flexibility index (Phi) is 5.43. The van der Waals surface area contributed by atoms with Crippen molar-refractivity contribution < 1.29 is 23.7 Å². The van der Waals surface area contributed by atoms with Crippen molar-refractivity contribution in [1.29, 1.82) is 0 Å². The van der Waals surface area contributed by atoms with E-state index >= 15 is 0 Å². The third-order valence-electron chi connectivity index (χ3n) is 6.06. The molecule has 0 amide bonds. The standard InChI is InChI=1S/C24H27NO5/c1-27-17-7-6-15-10-16(14-24(23(26)30-4)8-5-9-25-24)19-12-21(28-2)22(29-3)13-20(19)18(15)11-17/h6-7,10-13,25H,5,8-9,14H2,1-4H3. The fraction of sp³-hybridized carbons (Fsp3) is 0.375. The zero-order chi connectivity index (χ0) is 21.3. The van der Waals surface area contributed by atoms with Crippen LogP contribution in [0.4, 0.5) is 0 Å². The van der Waals surface area contributed by atoms with Gasteiger partial charge in [-0.15, -0.1) is 0 Å². The van der Waals surface area contributed by atoms with Crippen LogP contribution in [0.1, 0.15) is 18.4 Å².